The Morgan fingerprint density at radius 2 is 2.50 bits per heavy atom. The Morgan fingerprint density at radius 3 is 3.19 bits per heavy atom. The molecule has 16 heavy (non-hydrogen) atoms. The summed E-state index contributed by atoms with van der Waals surface area (Å²) in [7, 11) is 0. The van der Waals surface area contributed by atoms with Crippen LogP contribution in [0.15, 0.2) is 11.6 Å². The van der Waals surface area contributed by atoms with Gasteiger partial charge in [0.25, 0.3) is 0 Å². The minimum Gasteiger partial charge on any atom is -0.330 e. The first-order chi connectivity index (χ1) is 7.81. The maximum atomic E-state index is 5.77. The number of rotatable bonds is 5. The molecule has 0 amide bonds. The fourth-order valence-corrected chi connectivity index (χ4v) is 3.18. The zero-order valence-electron chi connectivity index (χ0n) is 9.86. The van der Waals surface area contributed by atoms with Crippen LogP contribution in [0.5, 0.6) is 0 Å². The topological polar surface area (TPSA) is 50.9 Å². The number of hydrogen-bond donors (Lipinski definition) is 2. The van der Waals surface area contributed by atoms with Crippen LogP contribution in [-0.4, -0.2) is 24.1 Å². The molecule has 1 saturated carbocycles. The lowest BCUT2D eigenvalue weighted by Gasteiger charge is -2.21. The van der Waals surface area contributed by atoms with E-state index in [1.165, 1.54) is 24.3 Å². The fourth-order valence-electron chi connectivity index (χ4n) is 2.48. The number of thiazole rings is 1. The van der Waals surface area contributed by atoms with Crippen LogP contribution in [0.1, 0.15) is 37.1 Å². The molecule has 3 N–H and O–H groups in total. The maximum Gasteiger partial charge on any atom is 0.0965 e. The smallest absolute Gasteiger partial charge is 0.0965 e. The molecule has 90 valence electrons. The molecule has 3 nitrogen and oxygen atoms in total. The van der Waals surface area contributed by atoms with Crippen molar-refractivity contribution in [1.29, 1.82) is 0 Å². The second-order valence-corrected chi connectivity index (χ2v) is 5.64. The van der Waals surface area contributed by atoms with Crippen LogP contribution in [-0.2, 0) is 0 Å². The highest BCUT2D eigenvalue weighted by molar-refractivity contribution is 7.09. The van der Waals surface area contributed by atoms with Crippen molar-refractivity contribution in [2.45, 2.75) is 38.1 Å². The van der Waals surface area contributed by atoms with Gasteiger partial charge in [-0.15, -0.1) is 11.3 Å². The fraction of sp³-hybridized carbons (Fsp3) is 0.750. The van der Waals surface area contributed by atoms with E-state index in [4.69, 9.17) is 5.73 Å². The lowest BCUT2D eigenvalue weighted by molar-refractivity contribution is 0.399. The molecule has 1 fully saturated rings. The predicted octanol–water partition coefficient (Wildman–Crippen LogP) is 1.96. The average Bonchev–Trinajstić information content (AvgIpc) is 2.96. The third-order valence-electron chi connectivity index (χ3n) is 3.52. The summed E-state index contributed by atoms with van der Waals surface area (Å²) in [6, 6.07) is 0.632. The lowest BCUT2D eigenvalue weighted by Crippen LogP contribution is -2.37. The Bertz CT molecular complexity index is 299. The van der Waals surface area contributed by atoms with Crippen molar-refractivity contribution in [2.75, 3.05) is 13.1 Å². The molecule has 1 aliphatic rings. The predicted molar refractivity (Wildman–Crippen MR) is 68.7 cm³/mol. The number of hydrogen-bond acceptors (Lipinski definition) is 4. The van der Waals surface area contributed by atoms with Crippen LogP contribution in [0.25, 0.3) is 0 Å². The largest absolute Gasteiger partial charge is 0.330 e. The molecule has 1 aromatic rings. The van der Waals surface area contributed by atoms with Gasteiger partial charge in [-0.1, -0.05) is 13.3 Å². The summed E-state index contributed by atoms with van der Waals surface area (Å²) in [5.74, 6) is 1.20. The lowest BCUT2D eigenvalue weighted by atomic mass is 10.0. The van der Waals surface area contributed by atoms with Gasteiger partial charge in [0.1, 0.15) is 0 Å². The highest BCUT2D eigenvalue weighted by Crippen LogP contribution is 2.25. The van der Waals surface area contributed by atoms with Crippen LogP contribution < -0.4 is 11.1 Å². The van der Waals surface area contributed by atoms with Gasteiger partial charge >= 0.3 is 0 Å². The number of aromatic nitrogens is 1. The standard InChI is InChI=1S/C12H21N3S/c1-9(12-14-5-6-16-12)8-15-11-4-2-3-10(11)7-13/h5-6,9-11,15H,2-4,7-8,13H2,1H3. The summed E-state index contributed by atoms with van der Waals surface area (Å²) in [6.07, 6.45) is 5.78. The van der Waals surface area contributed by atoms with Gasteiger partial charge in [-0.3, -0.25) is 0 Å². The van der Waals surface area contributed by atoms with Gasteiger partial charge < -0.3 is 11.1 Å². The van der Waals surface area contributed by atoms with E-state index in [1.54, 1.807) is 11.3 Å². The van der Waals surface area contributed by atoms with Crippen molar-refractivity contribution in [1.82, 2.24) is 10.3 Å². The summed E-state index contributed by atoms with van der Waals surface area (Å²) in [5.41, 5.74) is 5.77. The second kappa shape index (κ2) is 5.75. The summed E-state index contributed by atoms with van der Waals surface area (Å²) >= 11 is 1.74. The first-order valence-corrected chi connectivity index (χ1v) is 7.02. The van der Waals surface area contributed by atoms with E-state index in [9.17, 15) is 0 Å². The summed E-state index contributed by atoms with van der Waals surface area (Å²) in [4.78, 5) is 4.35. The summed E-state index contributed by atoms with van der Waals surface area (Å²) in [6.45, 7) is 4.08. The highest BCUT2D eigenvalue weighted by Gasteiger charge is 2.25. The van der Waals surface area contributed by atoms with E-state index in [-0.39, 0.29) is 0 Å². The Morgan fingerprint density at radius 1 is 1.62 bits per heavy atom. The Kier molecular flexibility index (Phi) is 4.32. The number of nitrogens with zero attached hydrogens (tertiary/aromatic N) is 1. The monoisotopic (exact) mass is 239 g/mol. The van der Waals surface area contributed by atoms with E-state index in [1.807, 2.05) is 11.6 Å². The van der Waals surface area contributed by atoms with Crippen molar-refractivity contribution in [3.8, 4) is 0 Å². The molecule has 1 aromatic heterocycles. The minimum atomic E-state index is 0.513. The Labute approximate surface area is 101 Å². The third-order valence-corrected chi connectivity index (χ3v) is 4.53. The molecule has 0 spiro atoms. The summed E-state index contributed by atoms with van der Waals surface area (Å²) < 4.78 is 0. The zero-order chi connectivity index (χ0) is 11.4. The van der Waals surface area contributed by atoms with Crippen LogP contribution in [0.2, 0.25) is 0 Å². The van der Waals surface area contributed by atoms with Crippen LogP contribution in [0.4, 0.5) is 0 Å². The second-order valence-electron chi connectivity index (χ2n) is 4.71. The van der Waals surface area contributed by atoms with Gasteiger partial charge in [0.2, 0.25) is 0 Å². The van der Waals surface area contributed by atoms with E-state index in [0.717, 1.165) is 13.1 Å². The Balaban J connectivity index is 1.78. The SMILES string of the molecule is CC(CNC1CCCC1CN)c1nccs1. The quantitative estimate of drug-likeness (QED) is 0.826. The van der Waals surface area contributed by atoms with Gasteiger partial charge in [0, 0.05) is 30.1 Å². The molecule has 0 bridgehead atoms. The van der Waals surface area contributed by atoms with Crippen LogP contribution in [0.3, 0.4) is 0 Å². The van der Waals surface area contributed by atoms with Gasteiger partial charge in [-0.2, -0.15) is 0 Å². The normalized spacial score (nSPS) is 27.1. The van der Waals surface area contributed by atoms with E-state index >= 15 is 0 Å². The molecule has 0 aromatic carbocycles. The third kappa shape index (κ3) is 2.81. The van der Waals surface area contributed by atoms with Gasteiger partial charge in [0.05, 0.1) is 5.01 Å². The molecular weight excluding hydrogens is 218 g/mol. The molecular formula is C12H21N3S. The molecule has 0 saturated heterocycles. The van der Waals surface area contributed by atoms with E-state index in [2.05, 4.69) is 17.2 Å². The summed E-state index contributed by atoms with van der Waals surface area (Å²) in [5, 5.41) is 6.93. The molecule has 2 rings (SSSR count). The first-order valence-electron chi connectivity index (χ1n) is 6.14. The molecule has 3 unspecified atom stereocenters. The maximum absolute atomic E-state index is 5.77. The molecule has 3 atom stereocenters. The molecule has 4 heteroatoms. The van der Waals surface area contributed by atoms with Crippen molar-refractivity contribution in [2.24, 2.45) is 11.7 Å². The first kappa shape index (κ1) is 12.0. The highest BCUT2D eigenvalue weighted by atomic mass is 32.1. The minimum absolute atomic E-state index is 0.513. The van der Waals surface area contributed by atoms with Crippen molar-refractivity contribution in [3.63, 3.8) is 0 Å². The molecule has 1 heterocycles. The van der Waals surface area contributed by atoms with Crippen molar-refractivity contribution >= 4 is 11.3 Å². The van der Waals surface area contributed by atoms with Gasteiger partial charge in [-0.05, 0) is 25.3 Å². The molecule has 0 aliphatic heterocycles. The van der Waals surface area contributed by atoms with E-state index in [0.29, 0.717) is 17.9 Å². The van der Waals surface area contributed by atoms with Crippen LogP contribution >= 0.6 is 11.3 Å². The van der Waals surface area contributed by atoms with Crippen molar-refractivity contribution in [3.05, 3.63) is 16.6 Å². The van der Waals surface area contributed by atoms with Gasteiger partial charge in [0.15, 0.2) is 0 Å². The Hall–Kier alpha value is -0.450. The van der Waals surface area contributed by atoms with E-state index < -0.39 is 0 Å². The average molecular weight is 239 g/mol. The number of nitrogens with two attached hydrogens (primary N) is 1. The molecule has 0 radical (unpaired) electrons. The van der Waals surface area contributed by atoms with Gasteiger partial charge in [-0.25, -0.2) is 4.98 Å². The van der Waals surface area contributed by atoms with Crippen LogP contribution in [0, 0.1) is 5.92 Å². The molecule has 1 aliphatic carbocycles. The van der Waals surface area contributed by atoms with Crippen molar-refractivity contribution < 1.29 is 0 Å². The number of nitrogens with one attached hydrogen (secondary N) is 1. The zero-order valence-corrected chi connectivity index (χ0v) is 10.7.